The molecule has 0 saturated heterocycles. The SMILES string of the molecule is CCC(C)NCC(O)COc1ccc([N+](=O)[O-])cc1. The van der Waals surface area contributed by atoms with Crippen LogP contribution in [0, 0.1) is 10.1 Å². The van der Waals surface area contributed by atoms with E-state index >= 15 is 0 Å². The van der Waals surface area contributed by atoms with Gasteiger partial charge in [0.25, 0.3) is 5.69 Å². The van der Waals surface area contributed by atoms with E-state index in [0.717, 1.165) is 6.42 Å². The summed E-state index contributed by atoms with van der Waals surface area (Å²) in [5.74, 6) is 0.508. The Balaban J connectivity index is 2.33. The number of nitrogens with zero attached hydrogens (tertiary/aromatic N) is 1. The van der Waals surface area contributed by atoms with E-state index in [1.54, 1.807) is 0 Å². The van der Waals surface area contributed by atoms with Gasteiger partial charge in [-0.25, -0.2) is 0 Å². The molecule has 2 N–H and O–H groups in total. The molecule has 19 heavy (non-hydrogen) atoms. The predicted molar refractivity (Wildman–Crippen MR) is 72.4 cm³/mol. The molecule has 0 aliphatic rings. The van der Waals surface area contributed by atoms with Gasteiger partial charge in [0.2, 0.25) is 0 Å². The number of nitro groups is 1. The highest BCUT2D eigenvalue weighted by Crippen LogP contribution is 2.17. The maximum Gasteiger partial charge on any atom is 0.269 e. The summed E-state index contributed by atoms with van der Waals surface area (Å²) in [4.78, 5) is 10.0. The second-order valence-electron chi connectivity index (χ2n) is 4.43. The Morgan fingerprint density at radius 2 is 2.05 bits per heavy atom. The largest absolute Gasteiger partial charge is 0.491 e. The van der Waals surface area contributed by atoms with Crippen LogP contribution in [0.5, 0.6) is 5.75 Å². The molecule has 0 aliphatic heterocycles. The number of ether oxygens (including phenoxy) is 1. The van der Waals surface area contributed by atoms with Gasteiger partial charge in [0.1, 0.15) is 18.5 Å². The maximum atomic E-state index is 10.5. The number of nitro benzene ring substituents is 1. The summed E-state index contributed by atoms with van der Waals surface area (Å²) in [5.41, 5.74) is 0.0198. The first-order valence-corrected chi connectivity index (χ1v) is 6.31. The van der Waals surface area contributed by atoms with Crippen LogP contribution in [0.4, 0.5) is 5.69 Å². The van der Waals surface area contributed by atoms with Gasteiger partial charge in [0.15, 0.2) is 0 Å². The van der Waals surface area contributed by atoms with Gasteiger partial charge in [-0.05, 0) is 25.5 Å². The summed E-state index contributed by atoms with van der Waals surface area (Å²) in [7, 11) is 0. The van der Waals surface area contributed by atoms with E-state index in [2.05, 4.69) is 12.2 Å². The zero-order chi connectivity index (χ0) is 14.3. The highest BCUT2D eigenvalue weighted by atomic mass is 16.6. The van der Waals surface area contributed by atoms with E-state index in [9.17, 15) is 15.2 Å². The maximum absolute atomic E-state index is 10.5. The molecule has 6 nitrogen and oxygen atoms in total. The zero-order valence-electron chi connectivity index (χ0n) is 11.2. The van der Waals surface area contributed by atoms with Crippen molar-refractivity contribution in [3.63, 3.8) is 0 Å². The third-order valence-electron chi connectivity index (χ3n) is 2.80. The number of benzene rings is 1. The van der Waals surface area contributed by atoms with Crippen molar-refractivity contribution in [3.05, 3.63) is 34.4 Å². The molecule has 0 bridgehead atoms. The number of rotatable bonds is 8. The Kier molecular flexibility index (Phi) is 6.24. The van der Waals surface area contributed by atoms with Gasteiger partial charge in [0.05, 0.1) is 4.92 Å². The lowest BCUT2D eigenvalue weighted by molar-refractivity contribution is -0.384. The molecular formula is C13H20N2O4. The Morgan fingerprint density at radius 3 is 2.58 bits per heavy atom. The number of aliphatic hydroxyl groups is 1. The average molecular weight is 268 g/mol. The second kappa shape index (κ2) is 7.70. The average Bonchev–Trinajstić information content (AvgIpc) is 2.42. The van der Waals surface area contributed by atoms with E-state index in [0.29, 0.717) is 18.3 Å². The quantitative estimate of drug-likeness (QED) is 0.554. The van der Waals surface area contributed by atoms with Crippen LogP contribution in [-0.2, 0) is 0 Å². The summed E-state index contributed by atoms with van der Waals surface area (Å²) in [6.45, 7) is 4.73. The summed E-state index contributed by atoms with van der Waals surface area (Å²) in [6, 6.07) is 6.15. The highest BCUT2D eigenvalue weighted by Gasteiger charge is 2.08. The molecular weight excluding hydrogens is 248 g/mol. The molecule has 0 aliphatic carbocycles. The number of nitrogens with one attached hydrogen (secondary N) is 1. The summed E-state index contributed by atoms with van der Waals surface area (Å²) >= 11 is 0. The van der Waals surface area contributed by atoms with Crippen molar-refractivity contribution in [3.8, 4) is 5.75 Å². The second-order valence-corrected chi connectivity index (χ2v) is 4.43. The standard InChI is InChI=1S/C13H20N2O4/c1-3-10(2)14-8-12(16)9-19-13-6-4-11(5-7-13)15(17)18/h4-7,10,12,14,16H,3,8-9H2,1-2H3. The molecule has 1 rings (SSSR count). The van der Waals surface area contributed by atoms with E-state index < -0.39 is 11.0 Å². The summed E-state index contributed by atoms with van der Waals surface area (Å²) in [5, 5.41) is 23.3. The first-order valence-electron chi connectivity index (χ1n) is 6.31. The Labute approximate surface area is 112 Å². The zero-order valence-corrected chi connectivity index (χ0v) is 11.2. The summed E-state index contributed by atoms with van der Waals surface area (Å²) in [6.07, 6.45) is 0.389. The lowest BCUT2D eigenvalue weighted by Gasteiger charge is -2.16. The smallest absolute Gasteiger partial charge is 0.269 e. The predicted octanol–water partition coefficient (Wildman–Crippen LogP) is 1.72. The van der Waals surface area contributed by atoms with Crippen LogP contribution in [0.25, 0.3) is 0 Å². The molecule has 0 heterocycles. The first kappa shape index (κ1) is 15.4. The molecule has 0 saturated carbocycles. The van der Waals surface area contributed by atoms with Crippen molar-refractivity contribution in [1.82, 2.24) is 5.32 Å². The third kappa shape index (κ3) is 5.67. The molecule has 0 radical (unpaired) electrons. The van der Waals surface area contributed by atoms with Gasteiger partial charge in [-0.15, -0.1) is 0 Å². The molecule has 6 heteroatoms. The number of hydrogen-bond acceptors (Lipinski definition) is 5. The number of non-ortho nitro benzene ring substituents is 1. The molecule has 2 atom stereocenters. The van der Waals surface area contributed by atoms with Gasteiger partial charge in [-0.1, -0.05) is 6.92 Å². The van der Waals surface area contributed by atoms with Crippen molar-refractivity contribution in [2.24, 2.45) is 0 Å². The van der Waals surface area contributed by atoms with Crippen molar-refractivity contribution in [2.45, 2.75) is 32.4 Å². The van der Waals surface area contributed by atoms with Gasteiger partial charge >= 0.3 is 0 Å². The van der Waals surface area contributed by atoms with Crippen LogP contribution in [-0.4, -0.2) is 35.3 Å². The molecule has 1 aromatic carbocycles. The van der Waals surface area contributed by atoms with E-state index in [4.69, 9.17) is 4.74 Å². The van der Waals surface area contributed by atoms with Gasteiger partial charge in [0, 0.05) is 24.7 Å². The van der Waals surface area contributed by atoms with Crippen LogP contribution in [0.3, 0.4) is 0 Å². The normalized spacial score (nSPS) is 13.8. The topological polar surface area (TPSA) is 84.6 Å². The number of hydrogen-bond donors (Lipinski definition) is 2. The van der Waals surface area contributed by atoms with Crippen molar-refractivity contribution in [2.75, 3.05) is 13.2 Å². The van der Waals surface area contributed by atoms with Gasteiger partial charge in [-0.3, -0.25) is 10.1 Å². The van der Waals surface area contributed by atoms with Crippen LogP contribution < -0.4 is 10.1 Å². The molecule has 106 valence electrons. The Bertz CT molecular complexity index is 394. The van der Waals surface area contributed by atoms with Crippen LogP contribution in [0.1, 0.15) is 20.3 Å². The first-order chi connectivity index (χ1) is 9.02. The van der Waals surface area contributed by atoms with Crippen LogP contribution in [0.15, 0.2) is 24.3 Å². The molecule has 0 aromatic heterocycles. The minimum absolute atomic E-state index is 0.0198. The fraction of sp³-hybridized carbons (Fsp3) is 0.538. The van der Waals surface area contributed by atoms with Crippen LogP contribution >= 0.6 is 0 Å². The molecule has 2 unspecified atom stereocenters. The van der Waals surface area contributed by atoms with E-state index in [1.807, 2.05) is 6.92 Å². The lowest BCUT2D eigenvalue weighted by Crippen LogP contribution is -2.36. The highest BCUT2D eigenvalue weighted by molar-refractivity contribution is 5.35. The fourth-order valence-electron chi connectivity index (χ4n) is 1.40. The molecule has 1 aromatic rings. The lowest BCUT2D eigenvalue weighted by atomic mass is 10.2. The minimum Gasteiger partial charge on any atom is -0.491 e. The van der Waals surface area contributed by atoms with Gasteiger partial charge < -0.3 is 15.2 Å². The Hall–Kier alpha value is -1.66. The van der Waals surface area contributed by atoms with Crippen molar-refractivity contribution in [1.29, 1.82) is 0 Å². The van der Waals surface area contributed by atoms with E-state index in [1.165, 1.54) is 24.3 Å². The minimum atomic E-state index is -0.607. The van der Waals surface area contributed by atoms with Crippen molar-refractivity contribution >= 4 is 5.69 Å². The molecule has 0 amide bonds. The molecule has 0 fully saturated rings. The number of aliphatic hydroxyl groups excluding tert-OH is 1. The molecule has 0 spiro atoms. The van der Waals surface area contributed by atoms with Gasteiger partial charge in [-0.2, -0.15) is 0 Å². The monoisotopic (exact) mass is 268 g/mol. The fourth-order valence-corrected chi connectivity index (χ4v) is 1.40. The third-order valence-corrected chi connectivity index (χ3v) is 2.80. The Morgan fingerprint density at radius 1 is 1.42 bits per heavy atom. The van der Waals surface area contributed by atoms with Crippen molar-refractivity contribution < 1.29 is 14.8 Å². The van der Waals surface area contributed by atoms with Crippen LogP contribution in [0.2, 0.25) is 0 Å². The van der Waals surface area contributed by atoms with E-state index in [-0.39, 0.29) is 12.3 Å². The summed E-state index contributed by atoms with van der Waals surface area (Å²) < 4.78 is 5.36.